The fourth-order valence-corrected chi connectivity index (χ4v) is 11.2. The quantitative estimate of drug-likeness (QED) is 0.139. The molecule has 0 fully saturated rings. The first-order chi connectivity index (χ1) is 22.5. The number of hydrogen-bond acceptors (Lipinski definition) is 0. The Morgan fingerprint density at radius 2 is 1.02 bits per heavy atom. The molecule has 0 radical (unpaired) electrons. The first-order valence-corrected chi connectivity index (χ1v) is 19.3. The van der Waals surface area contributed by atoms with Crippen LogP contribution in [0.15, 0.2) is 152 Å². The van der Waals surface area contributed by atoms with Crippen LogP contribution in [0.2, 0.25) is 13.1 Å². The van der Waals surface area contributed by atoms with Gasteiger partial charge in [-0.15, -0.1) is 0 Å². The van der Waals surface area contributed by atoms with Gasteiger partial charge in [0.2, 0.25) is 0 Å². The Bertz CT molecular complexity index is 2500. The Balaban J connectivity index is 1.48. The predicted molar refractivity (Wildman–Crippen MR) is 202 cm³/mol. The summed E-state index contributed by atoms with van der Waals surface area (Å²) in [5, 5.41) is 10.9. The van der Waals surface area contributed by atoms with Gasteiger partial charge in [0, 0.05) is 0 Å². The molecule has 1 heteroatoms. The third kappa shape index (κ3) is 3.92. The lowest BCUT2D eigenvalue weighted by Gasteiger charge is -2.23. The second kappa shape index (κ2) is 10.1. The molecule has 0 N–H and O–H groups in total. The van der Waals surface area contributed by atoms with Crippen LogP contribution in [0.3, 0.4) is 0 Å². The summed E-state index contributed by atoms with van der Waals surface area (Å²) in [5.41, 5.74) is 11.9. The van der Waals surface area contributed by atoms with E-state index in [4.69, 9.17) is 0 Å². The number of benzene rings is 8. The zero-order valence-corrected chi connectivity index (χ0v) is 27.4. The molecule has 1 aliphatic rings. The Hall–Kier alpha value is -5.24. The van der Waals surface area contributed by atoms with Crippen molar-refractivity contribution in [1.29, 1.82) is 0 Å². The van der Waals surface area contributed by atoms with Gasteiger partial charge in [-0.3, -0.25) is 0 Å². The van der Waals surface area contributed by atoms with E-state index in [1.165, 1.54) is 82.4 Å². The highest BCUT2D eigenvalue weighted by atomic mass is 28.3. The largest absolute Gasteiger partial charge is 0.113 e. The van der Waals surface area contributed by atoms with Gasteiger partial charge in [0.25, 0.3) is 0 Å². The van der Waals surface area contributed by atoms with E-state index < -0.39 is 8.07 Å². The maximum atomic E-state index is 2.59. The topological polar surface area (TPSA) is 0 Å². The Labute approximate surface area is 271 Å². The molecule has 0 atom stereocenters. The van der Waals surface area contributed by atoms with E-state index in [0.717, 1.165) is 0 Å². The smallest absolute Gasteiger partial charge is 0.0623 e. The maximum absolute atomic E-state index is 2.59. The molecule has 218 valence electrons. The molecule has 0 nitrogen and oxygen atoms in total. The average Bonchev–Trinajstić information content (AvgIpc) is 3.32. The monoisotopic (exact) mass is 602 g/mol. The van der Waals surface area contributed by atoms with Gasteiger partial charge in [-0.2, -0.15) is 0 Å². The normalized spacial score (nSPS) is 13.3. The summed E-state index contributed by atoms with van der Waals surface area (Å²) < 4.78 is 0. The Kier molecular flexibility index (Phi) is 5.97. The molecule has 8 aromatic carbocycles. The van der Waals surface area contributed by atoms with Crippen LogP contribution in [-0.4, -0.2) is 8.07 Å². The summed E-state index contributed by atoms with van der Waals surface area (Å²) in [6.07, 6.45) is 0. The Morgan fingerprint density at radius 1 is 0.370 bits per heavy atom. The molecule has 0 spiro atoms. The first-order valence-electron chi connectivity index (χ1n) is 16.3. The van der Waals surface area contributed by atoms with Crippen LogP contribution in [0.1, 0.15) is 5.56 Å². The lowest BCUT2D eigenvalue weighted by Crippen LogP contribution is -2.49. The predicted octanol–water partition coefficient (Wildman–Crippen LogP) is 11.3. The summed E-state index contributed by atoms with van der Waals surface area (Å²) in [5.74, 6) is 0. The molecule has 9 rings (SSSR count). The zero-order chi connectivity index (χ0) is 31.0. The summed E-state index contributed by atoms with van der Waals surface area (Å²) >= 11 is 0. The van der Waals surface area contributed by atoms with Crippen molar-refractivity contribution in [2.24, 2.45) is 0 Å². The third-order valence-corrected chi connectivity index (χ3v) is 13.9. The van der Waals surface area contributed by atoms with Crippen LogP contribution in [0.4, 0.5) is 0 Å². The molecule has 0 amide bonds. The first kappa shape index (κ1) is 27.1. The van der Waals surface area contributed by atoms with Crippen molar-refractivity contribution in [3.05, 3.63) is 157 Å². The van der Waals surface area contributed by atoms with Gasteiger partial charge in [0.05, 0.1) is 0 Å². The second-order valence-corrected chi connectivity index (χ2v) is 17.7. The number of fused-ring (bicyclic) bond motifs is 6. The van der Waals surface area contributed by atoms with Gasteiger partial charge >= 0.3 is 0 Å². The lowest BCUT2D eigenvalue weighted by molar-refractivity contribution is 1.47. The minimum atomic E-state index is -1.89. The van der Waals surface area contributed by atoms with E-state index in [9.17, 15) is 0 Å². The van der Waals surface area contributed by atoms with Crippen LogP contribution in [-0.2, 0) is 0 Å². The molecule has 0 unspecified atom stereocenters. The minimum Gasteiger partial charge on any atom is -0.0623 e. The van der Waals surface area contributed by atoms with Crippen molar-refractivity contribution in [2.75, 3.05) is 0 Å². The van der Waals surface area contributed by atoms with E-state index in [0.29, 0.717) is 0 Å². The van der Waals surface area contributed by atoms with Crippen molar-refractivity contribution in [1.82, 2.24) is 0 Å². The summed E-state index contributed by atoms with van der Waals surface area (Å²) in [7, 11) is -1.89. The highest BCUT2D eigenvalue weighted by Gasteiger charge is 2.38. The van der Waals surface area contributed by atoms with E-state index in [-0.39, 0.29) is 0 Å². The van der Waals surface area contributed by atoms with Crippen LogP contribution in [0.25, 0.3) is 76.8 Å². The van der Waals surface area contributed by atoms with Crippen LogP contribution >= 0.6 is 0 Å². The van der Waals surface area contributed by atoms with Crippen molar-refractivity contribution < 1.29 is 0 Å². The molecule has 0 aromatic heterocycles. The molecule has 1 heterocycles. The molecule has 46 heavy (non-hydrogen) atoms. The number of hydrogen-bond donors (Lipinski definition) is 0. The van der Waals surface area contributed by atoms with Crippen LogP contribution in [0, 0.1) is 6.92 Å². The van der Waals surface area contributed by atoms with Gasteiger partial charge in [0.1, 0.15) is 8.07 Å². The molecular formula is C45H34Si. The minimum absolute atomic E-state index is 1.25. The van der Waals surface area contributed by atoms with E-state index >= 15 is 0 Å². The van der Waals surface area contributed by atoms with E-state index in [1.54, 1.807) is 10.4 Å². The molecule has 1 aliphatic heterocycles. The highest BCUT2D eigenvalue weighted by Crippen LogP contribution is 2.47. The van der Waals surface area contributed by atoms with Crippen LogP contribution in [0.5, 0.6) is 0 Å². The molecule has 0 aliphatic carbocycles. The maximum Gasteiger partial charge on any atom is 0.113 e. The Morgan fingerprint density at radius 3 is 1.87 bits per heavy atom. The van der Waals surface area contributed by atoms with Crippen molar-refractivity contribution in [2.45, 2.75) is 20.0 Å². The van der Waals surface area contributed by atoms with Gasteiger partial charge < -0.3 is 0 Å². The number of rotatable bonds is 3. The molecule has 0 saturated heterocycles. The molecule has 0 bridgehead atoms. The zero-order valence-electron chi connectivity index (χ0n) is 26.4. The van der Waals surface area contributed by atoms with E-state index in [1.807, 2.05) is 0 Å². The summed E-state index contributed by atoms with van der Waals surface area (Å²) in [6.45, 7) is 7.29. The SMILES string of the molecule is Cc1ccccc1-c1c2ccc(-c3cccc4ccccc34)cc2c(-c2ccccc2)c2cc3c(cc12)-c1ccccc1[Si]3(C)C. The molecule has 0 saturated carbocycles. The van der Waals surface area contributed by atoms with Crippen molar-refractivity contribution in [3.63, 3.8) is 0 Å². The third-order valence-electron chi connectivity index (χ3n) is 10.4. The van der Waals surface area contributed by atoms with Crippen molar-refractivity contribution in [3.8, 4) is 44.5 Å². The van der Waals surface area contributed by atoms with Crippen LogP contribution < -0.4 is 10.4 Å². The second-order valence-electron chi connectivity index (χ2n) is 13.3. The van der Waals surface area contributed by atoms with E-state index in [2.05, 4.69) is 172 Å². The fraction of sp³-hybridized carbons (Fsp3) is 0.0667. The van der Waals surface area contributed by atoms with Gasteiger partial charge in [-0.1, -0.05) is 153 Å². The van der Waals surface area contributed by atoms with Gasteiger partial charge in [-0.25, -0.2) is 0 Å². The van der Waals surface area contributed by atoms with Gasteiger partial charge in [-0.05, 0) is 112 Å². The highest BCUT2D eigenvalue weighted by molar-refractivity contribution is 7.04. The standard InChI is InChI=1S/C45H34Si/c1-29-14-7-9-19-33(29)45-37-25-24-32(35-22-13-18-30-15-8-10-20-34(30)35)26-39(37)44(31-16-5-4-6-17-31)41-28-43-38(27-40(41)45)36-21-11-12-23-42(36)46(43,2)3/h4-28H,1-3H3. The van der Waals surface area contributed by atoms with Crippen molar-refractivity contribution >= 4 is 50.8 Å². The average molecular weight is 603 g/mol. The fourth-order valence-electron chi connectivity index (χ4n) is 8.12. The molecular weight excluding hydrogens is 569 g/mol. The lowest BCUT2D eigenvalue weighted by atomic mass is 9.83. The number of aryl methyl sites for hydroxylation is 1. The molecule has 8 aromatic rings. The summed E-state index contributed by atoms with van der Waals surface area (Å²) in [4.78, 5) is 0. The van der Waals surface area contributed by atoms with Gasteiger partial charge in [0.15, 0.2) is 0 Å². The summed E-state index contributed by atoms with van der Waals surface area (Å²) in [6, 6.07) is 56.8.